The molecule has 0 aliphatic heterocycles. The summed E-state index contributed by atoms with van der Waals surface area (Å²) < 4.78 is 5.25. The van der Waals surface area contributed by atoms with Crippen LogP contribution in [0.25, 0.3) is 0 Å². The second kappa shape index (κ2) is 9.58. The predicted octanol–water partition coefficient (Wildman–Crippen LogP) is 1.03. The van der Waals surface area contributed by atoms with Crippen molar-refractivity contribution in [3.8, 4) is 5.75 Å². The monoisotopic (exact) mass is 355 g/mol. The van der Waals surface area contributed by atoms with Gasteiger partial charge >= 0.3 is 5.97 Å². The highest BCUT2D eigenvalue weighted by molar-refractivity contribution is 5.90. The van der Waals surface area contributed by atoms with Gasteiger partial charge in [-0.1, -0.05) is 30.3 Å². The van der Waals surface area contributed by atoms with Crippen LogP contribution in [0.2, 0.25) is 0 Å². The van der Waals surface area contributed by atoms with Gasteiger partial charge in [-0.3, -0.25) is 9.59 Å². The highest BCUT2D eigenvalue weighted by Gasteiger charge is 2.05. The van der Waals surface area contributed by atoms with Gasteiger partial charge in [0.05, 0.1) is 18.3 Å². The Morgan fingerprint density at radius 2 is 1.69 bits per heavy atom. The lowest BCUT2D eigenvalue weighted by Crippen LogP contribution is -2.37. The van der Waals surface area contributed by atoms with Gasteiger partial charge in [-0.2, -0.15) is 5.10 Å². The van der Waals surface area contributed by atoms with Gasteiger partial charge in [-0.25, -0.2) is 10.2 Å². The molecule has 2 rings (SSSR count). The van der Waals surface area contributed by atoms with Crippen molar-refractivity contribution in [2.24, 2.45) is 5.10 Å². The van der Waals surface area contributed by atoms with Gasteiger partial charge in [0.25, 0.3) is 11.8 Å². The standard InChI is InChI=1S/C18H17N3O5/c22-16(11-19-17(23)12-26-15-4-2-1-3-5-15)21-20-10-13-6-8-14(9-7-13)18(24)25/h1-10H,11-12H2,(H,19,23)(H,21,22)(H,24,25)/b20-10+. The van der Waals surface area contributed by atoms with Gasteiger partial charge in [0.1, 0.15) is 5.75 Å². The van der Waals surface area contributed by atoms with Crippen molar-refractivity contribution in [1.82, 2.24) is 10.7 Å². The zero-order valence-electron chi connectivity index (χ0n) is 13.7. The number of nitrogens with zero attached hydrogens (tertiary/aromatic N) is 1. The first-order valence-corrected chi connectivity index (χ1v) is 7.64. The molecule has 8 heteroatoms. The van der Waals surface area contributed by atoms with Crippen LogP contribution in [0.3, 0.4) is 0 Å². The maximum atomic E-state index is 11.6. The second-order valence-corrected chi connectivity index (χ2v) is 5.10. The van der Waals surface area contributed by atoms with Crippen LogP contribution in [0.5, 0.6) is 5.75 Å². The molecule has 26 heavy (non-hydrogen) atoms. The third-order valence-corrected chi connectivity index (χ3v) is 3.12. The third-order valence-electron chi connectivity index (χ3n) is 3.12. The fourth-order valence-corrected chi connectivity index (χ4v) is 1.83. The molecule has 8 nitrogen and oxygen atoms in total. The summed E-state index contributed by atoms with van der Waals surface area (Å²) in [4.78, 5) is 33.9. The first-order valence-electron chi connectivity index (χ1n) is 7.64. The van der Waals surface area contributed by atoms with Crippen LogP contribution in [0.4, 0.5) is 0 Å². The average molecular weight is 355 g/mol. The zero-order chi connectivity index (χ0) is 18.8. The van der Waals surface area contributed by atoms with E-state index in [0.29, 0.717) is 11.3 Å². The number of carbonyl (C=O) groups is 3. The summed E-state index contributed by atoms with van der Waals surface area (Å²) in [5, 5.41) is 14.9. The molecule has 0 aromatic heterocycles. The number of nitrogens with one attached hydrogen (secondary N) is 2. The van der Waals surface area contributed by atoms with Gasteiger partial charge in [-0.15, -0.1) is 0 Å². The molecule has 0 aliphatic rings. The topological polar surface area (TPSA) is 117 Å². The van der Waals surface area contributed by atoms with E-state index >= 15 is 0 Å². The summed E-state index contributed by atoms with van der Waals surface area (Å²) in [5.41, 5.74) is 3.04. The van der Waals surface area contributed by atoms with E-state index in [2.05, 4.69) is 15.8 Å². The molecule has 0 bridgehead atoms. The number of rotatable bonds is 8. The highest BCUT2D eigenvalue weighted by Crippen LogP contribution is 2.07. The summed E-state index contributed by atoms with van der Waals surface area (Å²) in [7, 11) is 0. The van der Waals surface area contributed by atoms with Crippen LogP contribution in [0.15, 0.2) is 59.7 Å². The molecule has 0 radical (unpaired) electrons. The van der Waals surface area contributed by atoms with Crippen molar-refractivity contribution in [1.29, 1.82) is 0 Å². The van der Waals surface area contributed by atoms with Gasteiger partial charge in [0.15, 0.2) is 6.61 Å². The molecule has 0 unspecified atom stereocenters. The van der Waals surface area contributed by atoms with Crippen molar-refractivity contribution >= 4 is 24.0 Å². The van der Waals surface area contributed by atoms with E-state index in [1.54, 1.807) is 36.4 Å². The van der Waals surface area contributed by atoms with E-state index in [4.69, 9.17) is 9.84 Å². The van der Waals surface area contributed by atoms with E-state index in [9.17, 15) is 14.4 Å². The molecule has 2 aromatic rings. The van der Waals surface area contributed by atoms with Crippen molar-refractivity contribution in [3.05, 3.63) is 65.7 Å². The highest BCUT2D eigenvalue weighted by atomic mass is 16.5. The van der Waals surface area contributed by atoms with Gasteiger partial charge in [0.2, 0.25) is 0 Å². The molecule has 0 heterocycles. The van der Waals surface area contributed by atoms with Crippen LogP contribution in [-0.2, 0) is 9.59 Å². The maximum absolute atomic E-state index is 11.6. The normalized spacial score (nSPS) is 10.3. The molecule has 0 atom stereocenters. The first-order chi connectivity index (χ1) is 12.5. The van der Waals surface area contributed by atoms with E-state index in [1.165, 1.54) is 18.3 Å². The molecule has 0 saturated heterocycles. The Hall–Kier alpha value is -3.68. The minimum Gasteiger partial charge on any atom is -0.484 e. The van der Waals surface area contributed by atoms with Crippen molar-refractivity contribution in [2.75, 3.05) is 13.2 Å². The third kappa shape index (κ3) is 6.44. The number of benzene rings is 2. The number of amides is 2. The Bertz CT molecular complexity index is 788. The summed E-state index contributed by atoms with van der Waals surface area (Å²) >= 11 is 0. The molecule has 134 valence electrons. The fourth-order valence-electron chi connectivity index (χ4n) is 1.83. The van der Waals surface area contributed by atoms with Crippen LogP contribution >= 0.6 is 0 Å². The van der Waals surface area contributed by atoms with Crippen molar-refractivity contribution in [2.45, 2.75) is 0 Å². The van der Waals surface area contributed by atoms with Crippen molar-refractivity contribution < 1.29 is 24.2 Å². The smallest absolute Gasteiger partial charge is 0.335 e. The molecule has 2 aromatic carbocycles. The van der Waals surface area contributed by atoms with Crippen LogP contribution in [0.1, 0.15) is 15.9 Å². The van der Waals surface area contributed by atoms with Crippen LogP contribution in [0, 0.1) is 0 Å². The quantitative estimate of drug-likeness (QED) is 0.483. The predicted molar refractivity (Wildman–Crippen MR) is 94.1 cm³/mol. The first kappa shape index (κ1) is 18.7. The zero-order valence-corrected chi connectivity index (χ0v) is 13.7. The van der Waals surface area contributed by atoms with E-state index in [0.717, 1.165) is 0 Å². The number of hydrogen-bond acceptors (Lipinski definition) is 5. The Labute approximate surface area is 149 Å². The average Bonchev–Trinajstić information content (AvgIpc) is 2.66. The minimum absolute atomic E-state index is 0.159. The number of hydrazone groups is 1. The largest absolute Gasteiger partial charge is 0.484 e. The Morgan fingerprint density at radius 1 is 1.00 bits per heavy atom. The summed E-state index contributed by atoms with van der Waals surface area (Å²) in [6.07, 6.45) is 1.36. The Morgan fingerprint density at radius 3 is 2.35 bits per heavy atom. The molecule has 0 fully saturated rings. The lowest BCUT2D eigenvalue weighted by molar-refractivity contribution is -0.127. The van der Waals surface area contributed by atoms with Gasteiger partial charge in [0, 0.05) is 0 Å². The molecule has 0 saturated carbocycles. The van der Waals surface area contributed by atoms with Gasteiger partial charge in [-0.05, 0) is 29.8 Å². The Balaban J connectivity index is 1.68. The molecule has 3 N–H and O–H groups in total. The summed E-state index contributed by atoms with van der Waals surface area (Å²) in [6, 6.07) is 14.8. The van der Waals surface area contributed by atoms with Crippen LogP contribution < -0.4 is 15.5 Å². The number of ether oxygens (including phenoxy) is 1. The molecule has 2 amide bonds. The maximum Gasteiger partial charge on any atom is 0.335 e. The summed E-state index contributed by atoms with van der Waals surface area (Å²) in [5.74, 6) is -1.40. The molecule has 0 aliphatic carbocycles. The SMILES string of the molecule is O=C(COc1ccccc1)NCC(=O)N/N=C/c1ccc(C(=O)O)cc1. The number of carboxylic acids is 1. The number of carboxylic acid groups (broad SMARTS) is 1. The number of aromatic carboxylic acids is 1. The van der Waals surface area contributed by atoms with Crippen molar-refractivity contribution in [3.63, 3.8) is 0 Å². The molecular formula is C18H17N3O5. The number of carbonyl (C=O) groups excluding carboxylic acids is 2. The number of para-hydroxylation sites is 1. The fraction of sp³-hybridized carbons (Fsp3) is 0.111. The van der Waals surface area contributed by atoms with Gasteiger partial charge < -0.3 is 15.2 Å². The molecule has 0 spiro atoms. The summed E-state index contributed by atoms with van der Waals surface area (Å²) in [6.45, 7) is -0.442. The lowest BCUT2D eigenvalue weighted by Gasteiger charge is -2.06. The van der Waals surface area contributed by atoms with Crippen LogP contribution in [-0.4, -0.2) is 42.3 Å². The second-order valence-electron chi connectivity index (χ2n) is 5.10. The minimum atomic E-state index is -1.02. The molecular weight excluding hydrogens is 338 g/mol. The lowest BCUT2D eigenvalue weighted by atomic mass is 10.1. The van der Waals surface area contributed by atoms with E-state index < -0.39 is 17.8 Å². The van der Waals surface area contributed by atoms with E-state index in [1.807, 2.05) is 6.07 Å². The Kier molecular flexibility index (Phi) is 6.87. The van der Waals surface area contributed by atoms with E-state index in [-0.39, 0.29) is 18.7 Å². The number of hydrogen-bond donors (Lipinski definition) is 3.